The fourth-order valence-electron chi connectivity index (χ4n) is 2.87. The Morgan fingerprint density at radius 1 is 0.875 bits per heavy atom. The molecule has 0 N–H and O–H groups in total. The Kier molecular flexibility index (Phi) is 1.54. The molecule has 3 aliphatic rings. The number of carbonyl (C=O) groups excluding carboxylic acids is 2. The summed E-state index contributed by atoms with van der Waals surface area (Å²) >= 11 is 0. The lowest BCUT2D eigenvalue weighted by Crippen LogP contribution is -2.62. The van der Waals surface area contributed by atoms with Crippen molar-refractivity contribution in [3.05, 3.63) is 24.3 Å². The van der Waals surface area contributed by atoms with Crippen molar-refractivity contribution in [1.82, 2.24) is 0 Å². The van der Waals surface area contributed by atoms with Gasteiger partial charge in [0.15, 0.2) is 11.2 Å². The second-order valence-corrected chi connectivity index (χ2v) is 4.83. The molecule has 2 aliphatic heterocycles. The molecule has 2 heterocycles. The molecule has 0 aromatic heterocycles. The van der Waals surface area contributed by atoms with E-state index in [1.807, 2.05) is 0 Å². The molecule has 0 bridgehead atoms. The number of hydrogen-bond donors (Lipinski definition) is 0. The predicted octanol–water partition coefficient (Wildman–Crippen LogP) is 1.26. The van der Waals surface area contributed by atoms with E-state index in [0.717, 1.165) is 12.8 Å². The van der Waals surface area contributed by atoms with Crippen molar-refractivity contribution in [3.8, 4) is 0 Å². The number of carbonyl (C=O) groups is 2. The maximum absolute atomic E-state index is 11.4. The quantitative estimate of drug-likeness (QED) is 0.455. The van der Waals surface area contributed by atoms with Crippen LogP contribution in [0.25, 0.3) is 0 Å². The summed E-state index contributed by atoms with van der Waals surface area (Å²) in [5.41, 5.74) is -0.382. The summed E-state index contributed by atoms with van der Waals surface area (Å²) in [4.78, 5) is 22.8. The molecule has 0 aromatic rings. The first-order chi connectivity index (χ1) is 7.48. The van der Waals surface area contributed by atoms with Gasteiger partial charge in [-0.2, -0.15) is 0 Å². The van der Waals surface area contributed by atoms with Crippen LogP contribution in [0.5, 0.6) is 0 Å². The second kappa shape index (κ2) is 2.56. The predicted molar refractivity (Wildman–Crippen MR) is 54.4 cm³/mol. The number of hydrogen-bond acceptors (Lipinski definition) is 4. The van der Waals surface area contributed by atoms with E-state index in [1.165, 1.54) is 0 Å². The first-order valence-electron chi connectivity index (χ1n) is 5.30. The lowest BCUT2D eigenvalue weighted by molar-refractivity contribution is -0.228. The van der Waals surface area contributed by atoms with Gasteiger partial charge in [-0.15, -0.1) is 0 Å². The van der Waals surface area contributed by atoms with Crippen molar-refractivity contribution in [3.63, 3.8) is 0 Å². The molecule has 3 fully saturated rings. The van der Waals surface area contributed by atoms with E-state index in [-0.39, 0.29) is 11.9 Å². The van der Waals surface area contributed by atoms with Gasteiger partial charge in [0.05, 0.1) is 0 Å². The van der Waals surface area contributed by atoms with Crippen LogP contribution in [-0.4, -0.2) is 23.1 Å². The molecule has 2 saturated heterocycles. The van der Waals surface area contributed by atoms with E-state index in [4.69, 9.17) is 9.47 Å². The lowest BCUT2D eigenvalue weighted by Gasteiger charge is -2.51. The first-order valence-corrected chi connectivity index (χ1v) is 5.30. The maximum Gasteiger partial charge on any atom is 0.334 e. The van der Waals surface area contributed by atoms with E-state index in [9.17, 15) is 9.59 Å². The van der Waals surface area contributed by atoms with E-state index in [1.54, 1.807) is 0 Å². The van der Waals surface area contributed by atoms with Crippen LogP contribution >= 0.6 is 0 Å². The summed E-state index contributed by atoms with van der Waals surface area (Å²) in [7, 11) is 0. The molecule has 0 aromatic carbocycles. The molecule has 4 nitrogen and oxygen atoms in total. The SMILES string of the molecule is C=C1CC2(CCC23CC(=C)C(=O)O3)OC1=O. The minimum Gasteiger partial charge on any atom is -0.451 e. The van der Waals surface area contributed by atoms with Crippen LogP contribution in [0.1, 0.15) is 25.7 Å². The zero-order valence-electron chi connectivity index (χ0n) is 8.88. The largest absolute Gasteiger partial charge is 0.451 e. The van der Waals surface area contributed by atoms with Crippen molar-refractivity contribution >= 4 is 11.9 Å². The third-order valence-electron chi connectivity index (χ3n) is 3.91. The molecule has 16 heavy (non-hydrogen) atoms. The van der Waals surface area contributed by atoms with Gasteiger partial charge in [0.2, 0.25) is 0 Å². The normalized spacial score (nSPS) is 41.5. The topological polar surface area (TPSA) is 52.6 Å². The zero-order valence-corrected chi connectivity index (χ0v) is 8.88. The van der Waals surface area contributed by atoms with Gasteiger partial charge in [-0.1, -0.05) is 13.2 Å². The average molecular weight is 220 g/mol. The van der Waals surface area contributed by atoms with Crippen LogP contribution in [0.4, 0.5) is 0 Å². The standard InChI is InChI=1S/C12H12O4/c1-7-5-11(15-9(7)13)3-4-12(11)6-8(2)10(14)16-12/h1-6H2. The third kappa shape index (κ3) is 0.900. The summed E-state index contributed by atoms with van der Waals surface area (Å²) in [6.45, 7) is 7.34. The Balaban J connectivity index is 1.95. The van der Waals surface area contributed by atoms with E-state index in [2.05, 4.69) is 13.2 Å². The minimum absolute atomic E-state index is 0.368. The Morgan fingerprint density at radius 2 is 1.25 bits per heavy atom. The maximum atomic E-state index is 11.4. The van der Waals surface area contributed by atoms with Crippen molar-refractivity contribution in [2.75, 3.05) is 0 Å². The Morgan fingerprint density at radius 3 is 1.44 bits per heavy atom. The molecule has 1 saturated carbocycles. The molecular formula is C12H12O4. The number of rotatable bonds is 0. The third-order valence-corrected chi connectivity index (χ3v) is 3.91. The summed E-state index contributed by atoms with van der Waals surface area (Å²) in [6, 6.07) is 0. The van der Waals surface area contributed by atoms with Crippen molar-refractivity contribution in [1.29, 1.82) is 0 Å². The monoisotopic (exact) mass is 220 g/mol. The molecule has 3 rings (SSSR count). The molecule has 0 amide bonds. The zero-order chi connectivity index (χ0) is 11.6. The van der Waals surface area contributed by atoms with Crippen LogP contribution in [-0.2, 0) is 19.1 Å². The first kappa shape index (κ1) is 9.63. The molecular weight excluding hydrogens is 208 g/mol. The van der Waals surface area contributed by atoms with Crippen LogP contribution in [0, 0.1) is 0 Å². The fraction of sp³-hybridized carbons (Fsp3) is 0.500. The van der Waals surface area contributed by atoms with Gasteiger partial charge >= 0.3 is 11.9 Å². The fourth-order valence-corrected chi connectivity index (χ4v) is 2.87. The van der Waals surface area contributed by atoms with Crippen LogP contribution in [0.15, 0.2) is 24.3 Å². The van der Waals surface area contributed by atoms with E-state index >= 15 is 0 Å². The van der Waals surface area contributed by atoms with Crippen molar-refractivity contribution < 1.29 is 19.1 Å². The highest BCUT2D eigenvalue weighted by atomic mass is 16.6. The van der Waals surface area contributed by atoms with E-state index in [0.29, 0.717) is 24.0 Å². The number of fused-ring (bicyclic) bond motifs is 1. The second-order valence-electron chi connectivity index (χ2n) is 4.83. The number of esters is 2. The highest BCUT2D eigenvalue weighted by molar-refractivity contribution is 5.93. The molecule has 2 spiro atoms. The Labute approximate surface area is 92.9 Å². The van der Waals surface area contributed by atoms with Crippen LogP contribution in [0.3, 0.4) is 0 Å². The summed E-state index contributed by atoms with van der Waals surface area (Å²) in [6.07, 6.45) is 2.40. The van der Waals surface area contributed by atoms with Gasteiger partial charge in [0, 0.05) is 24.0 Å². The van der Waals surface area contributed by atoms with E-state index < -0.39 is 11.2 Å². The van der Waals surface area contributed by atoms with Gasteiger partial charge in [-0.25, -0.2) is 9.59 Å². The van der Waals surface area contributed by atoms with Crippen LogP contribution in [0.2, 0.25) is 0 Å². The van der Waals surface area contributed by atoms with Crippen LogP contribution < -0.4 is 0 Å². The molecule has 2 unspecified atom stereocenters. The Hall–Kier alpha value is -1.58. The molecule has 4 heteroatoms. The molecule has 84 valence electrons. The summed E-state index contributed by atoms with van der Waals surface area (Å²) in [5, 5.41) is 0. The average Bonchev–Trinajstić information content (AvgIpc) is 2.70. The van der Waals surface area contributed by atoms with Crippen molar-refractivity contribution in [2.24, 2.45) is 0 Å². The Bertz CT molecular complexity index is 372. The summed E-state index contributed by atoms with van der Waals surface area (Å²) < 4.78 is 10.7. The molecule has 0 radical (unpaired) electrons. The number of ether oxygens (including phenoxy) is 2. The van der Waals surface area contributed by atoms with Gasteiger partial charge in [-0.3, -0.25) is 0 Å². The van der Waals surface area contributed by atoms with Gasteiger partial charge in [0.1, 0.15) is 0 Å². The highest BCUT2D eigenvalue weighted by Gasteiger charge is 2.69. The molecule has 1 aliphatic carbocycles. The van der Waals surface area contributed by atoms with Gasteiger partial charge in [0.25, 0.3) is 0 Å². The van der Waals surface area contributed by atoms with Crippen molar-refractivity contribution in [2.45, 2.75) is 36.9 Å². The smallest absolute Gasteiger partial charge is 0.334 e. The summed E-state index contributed by atoms with van der Waals surface area (Å²) in [5.74, 6) is -0.736. The lowest BCUT2D eigenvalue weighted by atomic mass is 9.62. The van der Waals surface area contributed by atoms with Gasteiger partial charge < -0.3 is 9.47 Å². The highest BCUT2D eigenvalue weighted by Crippen LogP contribution is 2.59. The van der Waals surface area contributed by atoms with Gasteiger partial charge in [-0.05, 0) is 12.8 Å². The molecule has 2 atom stereocenters. The minimum atomic E-state index is -0.656.